The maximum atomic E-state index is 11.8. The number of nitrogens with zero attached hydrogens (tertiary/aromatic N) is 5. The lowest BCUT2D eigenvalue weighted by Crippen LogP contribution is -2.18. The van der Waals surface area contributed by atoms with Gasteiger partial charge in [0.05, 0.1) is 4.92 Å². The smallest absolute Gasteiger partial charge is 0.354 e. The lowest BCUT2D eigenvalue weighted by Gasteiger charge is -2.24. The number of rotatable bonds is 5. The van der Waals surface area contributed by atoms with Gasteiger partial charge in [0.25, 0.3) is 0 Å². The van der Waals surface area contributed by atoms with E-state index in [0.717, 1.165) is 11.4 Å². The van der Waals surface area contributed by atoms with Crippen LogP contribution in [0.25, 0.3) is 0 Å². The average molecular weight is 335 g/mol. The predicted octanol–water partition coefficient (Wildman–Crippen LogP) is 3.92. The lowest BCUT2D eigenvalue weighted by atomic mass is 10.2. The monoisotopic (exact) mass is 335 g/mol. The van der Waals surface area contributed by atoms with Crippen molar-refractivity contribution in [3.63, 3.8) is 0 Å². The van der Waals surface area contributed by atoms with Gasteiger partial charge >= 0.3 is 5.69 Å². The van der Waals surface area contributed by atoms with Crippen molar-refractivity contribution in [2.75, 3.05) is 23.9 Å². The van der Waals surface area contributed by atoms with Gasteiger partial charge < -0.3 is 4.90 Å². The van der Waals surface area contributed by atoms with E-state index >= 15 is 0 Å². The first-order chi connectivity index (χ1) is 12.1. The second-order valence-corrected chi connectivity index (χ2v) is 5.53. The number of hydrogen-bond acceptors (Lipinski definition) is 6. The van der Waals surface area contributed by atoms with E-state index in [9.17, 15) is 10.1 Å². The summed E-state index contributed by atoms with van der Waals surface area (Å²) >= 11 is 0. The molecule has 0 N–H and O–H groups in total. The van der Waals surface area contributed by atoms with Gasteiger partial charge in [-0.1, -0.05) is 36.4 Å². The Morgan fingerprint density at radius 2 is 1.32 bits per heavy atom. The summed E-state index contributed by atoms with van der Waals surface area (Å²) in [5.74, 6) is 0.480. The second-order valence-electron chi connectivity index (χ2n) is 5.53. The molecule has 0 fully saturated rings. The van der Waals surface area contributed by atoms with Gasteiger partial charge in [-0.2, -0.15) is 0 Å². The molecular weight excluding hydrogens is 318 g/mol. The van der Waals surface area contributed by atoms with Crippen molar-refractivity contribution in [2.24, 2.45) is 0 Å². The van der Waals surface area contributed by atoms with Crippen LogP contribution < -0.4 is 9.80 Å². The molecule has 1 heterocycles. The van der Waals surface area contributed by atoms with E-state index in [1.54, 1.807) is 23.9 Å². The molecule has 0 amide bonds. The van der Waals surface area contributed by atoms with Crippen LogP contribution in [-0.4, -0.2) is 29.0 Å². The Hall–Kier alpha value is -3.48. The number of anilines is 4. The summed E-state index contributed by atoms with van der Waals surface area (Å²) in [5, 5.41) is 11.8. The van der Waals surface area contributed by atoms with Gasteiger partial charge in [0.1, 0.15) is 6.33 Å². The predicted molar refractivity (Wildman–Crippen MR) is 97.7 cm³/mol. The van der Waals surface area contributed by atoms with Crippen LogP contribution in [0.15, 0.2) is 67.0 Å². The van der Waals surface area contributed by atoms with Gasteiger partial charge in [-0.15, -0.1) is 0 Å². The SMILES string of the molecule is CN(C)c1ncnc(N(c2ccccc2)c2ccccc2)c1[N+](=O)[O-]. The molecule has 0 aliphatic heterocycles. The van der Waals surface area contributed by atoms with Crippen LogP contribution in [0, 0.1) is 10.1 Å². The summed E-state index contributed by atoms with van der Waals surface area (Å²) in [5.41, 5.74) is 1.42. The normalized spacial score (nSPS) is 10.3. The minimum atomic E-state index is -0.441. The zero-order chi connectivity index (χ0) is 17.8. The zero-order valence-corrected chi connectivity index (χ0v) is 13.9. The van der Waals surface area contributed by atoms with E-state index in [4.69, 9.17) is 0 Å². The highest BCUT2D eigenvalue weighted by Crippen LogP contribution is 2.41. The molecule has 0 saturated heterocycles. The minimum absolute atomic E-state index is 0.139. The molecule has 0 aliphatic rings. The van der Waals surface area contributed by atoms with Crippen molar-refractivity contribution in [1.82, 2.24) is 9.97 Å². The van der Waals surface area contributed by atoms with E-state index in [1.165, 1.54) is 6.33 Å². The van der Waals surface area contributed by atoms with Crippen LogP contribution in [0.3, 0.4) is 0 Å². The Kier molecular flexibility index (Phi) is 4.56. The summed E-state index contributed by atoms with van der Waals surface area (Å²) in [6.07, 6.45) is 1.34. The summed E-state index contributed by atoms with van der Waals surface area (Å²) in [7, 11) is 3.43. The van der Waals surface area contributed by atoms with Crippen LogP contribution in [0.5, 0.6) is 0 Å². The third kappa shape index (κ3) is 3.25. The van der Waals surface area contributed by atoms with Gasteiger partial charge in [0.2, 0.25) is 11.6 Å². The highest BCUT2D eigenvalue weighted by atomic mass is 16.6. The van der Waals surface area contributed by atoms with Gasteiger partial charge in [-0.05, 0) is 24.3 Å². The fraction of sp³-hybridized carbons (Fsp3) is 0.111. The second kappa shape index (κ2) is 6.96. The maximum Gasteiger partial charge on any atom is 0.354 e. The Bertz CT molecular complexity index is 830. The number of nitro groups is 1. The third-order valence-corrected chi connectivity index (χ3v) is 3.63. The maximum absolute atomic E-state index is 11.8. The molecule has 1 aromatic heterocycles. The molecule has 2 aromatic carbocycles. The summed E-state index contributed by atoms with van der Waals surface area (Å²) in [6.45, 7) is 0. The quantitative estimate of drug-likeness (QED) is 0.519. The number of para-hydroxylation sites is 2. The van der Waals surface area contributed by atoms with Crippen LogP contribution in [-0.2, 0) is 0 Å². The Morgan fingerprint density at radius 3 is 1.76 bits per heavy atom. The third-order valence-electron chi connectivity index (χ3n) is 3.63. The van der Waals surface area contributed by atoms with Crippen LogP contribution in [0.2, 0.25) is 0 Å². The molecule has 126 valence electrons. The largest absolute Gasteiger partial charge is 0.357 e. The molecule has 0 atom stereocenters. The zero-order valence-electron chi connectivity index (χ0n) is 13.9. The van der Waals surface area contributed by atoms with Gasteiger partial charge in [0, 0.05) is 25.5 Å². The average Bonchev–Trinajstić information content (AvgIpc) is 2.63. The van der Waals surface area contributed by atoms with Gasteiger partial charge in [-0.25, -0.2) is 9.97 Å². The van der Waals surface area contributed by atoms with Crippen molar-refractivity contribution in [3.05, 3.63) is 77.1 Å². The standard InChI is InChI=1S/C18H17N5O2/c1-21(2)17-16(23(24)25)18(20-13-19-17)22(14-9-5-3-6-10-14)15-11-7-4-8-12-15/h3-13H,1-2H3. The summed E-state index contributed by atoms with van der Waals surface area (Å²) in [6, 6.07) is 18.8. The first-order valence-electron chi connectivity index (χ1n) is 7.66. The molecule has 25 heavy (non-hydrogen) atoms. The van der Waals surface area contributed by atoms with Gasteiger partial charge in [0.15, 0.2) is 0 Å². The molecule has 3 aromatic rings. The van der Waals surface area contributed by atoms with Crippen molar-refractivity contribution in [3.8, 4) is 0 Å². The van der Waals surface area contributed by atoms with Crippen LogP contribution in [0.4, 0.5) is 28.7 Å². The van der Waals surface area contributed by atoms with Crippen molar-refractivity contribution in [2.45, 2.75) is 0 Å². The van der Waals surface area contributed by atoms with E-state index in [2.05, 4.69) is 9.97 Å². The molecule has 0 spiro atoms. The van der Waals surface area contributed by atoms with Crippen molar-refractivity contribution in [1.29, 1.82) is 0 Å². The molecule has 0 unspecified atom stereocenters. The van der Waals surface area contributed by atoms with Gasteiger partial charge in [-0.3, -0.25) is 15.0 Å². The Labute approximate surface area is 145 Å². The van der Waals surface area contributed by atoms with E-state index < -0.39 is 4.92 Å². The number of hydrogen-bond donors (Lipinski definition) is 0. The highest BCUT2D eigenvalue weighted by Gasteiger charge is 2.29. The topological polar surface area (TPSA) is 75.4 Å². The lowest BCUT2D eigenvalue weighted by molar-refractivity contribution is -0.383. The first-order valence-corrected chi connectivity index (χ1v) is 7.66. The summed E-state index contributed by atoms with van der Waals surface area (Å²) < 4.78 is 0. The molecular formula is C18H17N5O2. The molecule has 0 radical (unpaired) electrons. The number of aromatic nitrogens is 2. The highest BCUT2D eigenvalue weighted by molar-refractivity contribution is 5.83. The molecule has 3 rings (SSSR count). The first kappa shape index (κ1) is 16.4. The Morgan fingerprint density at radius 1 is 0.840 bits per heavy atom. The molecule has 0 aliphatic carbocycles. The van der Waals surface area contributed by atoms with Crippen LogP contribution in [0.1, 0.15) is 0 Å². The number of benzene rings is 2. The van der Waals surface area contributed by atoms with E-state index in [-0.39, 0.29) is 17.3 Å². The fourth-order valence-electron chi connectivity index (χ4n) is 2.56. The fourth-order valence-corrected chi connectivity index (χ4v) is 2.56. The Balaban J connectivity index is 2.28. The van der Waals surface area contributed by atoms with E-state index in [0.29, 0.717) is 0 Å². The molecule has 7 nitrogen and oxygen atoms in total. The molecule has 7 heteroatoms. The van der Waals surface area contributed by atoms with E-state index in [1.807, 2.05) is 60.7 Å². The molecule has 0 saturated carbocycles. The van der Waals surface area contributed by atoms with Crippen molar-refractivity contribution < 1.29 is 4.92 Å². The minimum Gasteiger partial charge on any atom is -0.357 e. The van der Waals surface area contributed by atoms with Crippen molar-refractivity contribution >= 4 is 28.7 Å². The van der Waals surface area contributed by atoms with Crippen LogP contribution >= 0.6 is 0 Å². The summed E-state index contributed by atoms with van der Waals surface area (Å²) in [4.78, 5) is 23.0. The molecule has 0 bridgehead atoms.